The summed E-state index contributed by atoms with van der Waals surface area (Å²) in [5.41, 5.74) is 1.59. The van der Waals surface area contributed by atoms with E-state index in [4.69, 9.17) is 5.11 Å². The molecule has 15 heavy (non-hydrogen) atoms. The lowest BCUT2D eigenvalue weighted by molar-refractivity contribution is -0.114. The summed E-state index contributed by atoms with van der Waals surface area (Å²) in [5.74, 6) is 0.400. The Morgan fingerprint density at radius 2 is 2.13 bits per heavy atom. The van der Waals surface area contributed by atoms with Crippen molar-refractivity contribution >= 4 is 11.7 Å². The molecule has 0 fully saturated rings. The van der Waals surface area contributed by atoms with Gasteiger partial charge in [-0.15, -0.1) is 0 Å². The van der Waals surface area contributed by atoms with Crippen LogP contribution in [0.5, 0.6) is 0 Å². The zero-order chi connectivity index (χ0) is 11.8. The molecule has 0 unspecified atom stereocenters. The number of anilines is 1. The second kappa shape index (κ2) is 6.95. The maximum atomic E-state index is 10.7. The number of nitrogens with one attached hydrogen (secondary N) is 1. The zero-order valence-electron chi connectivity index (χ0n) is 9.66. The van der Waals surface area contributed by atoms with Gasteiger partial charge in [0, 0.05) is 13.1 Å². The number of pyridine rings is 1. The number of rotatable bonds is 2. The van der Waals surface area contributed by atoms with Crippen molar-refractivity contribution in [1.29, 1.82) is 0 Å². The number of hydrogen-bond acceptors (Lipinski definition) is 3. The van der Waals surface area contributed by atoms with Gasteiger partial charge in [0.15, 0.2) is 0 Å². The molecule has 0 aliphatic carbocycles. The molecular weight excluding hydrogens is 192 g/mol. The highest BCUT2D eigenvalue weighted by molar-refractivity contribution is 5.88. The summed E-state index contributed by atoms with van der Waals surface area (Å²) >= 11 is 0. The topological polar surface area (TPSA) is 62.2 Å². The SMILES string of the molecule is CC.CC(=O)Nc1ncc(CO)cc1C. The largest absolute Gasteiger partial charge is 0.392 e. The fraction of sp³-hybridized carbons (Fsp3) is 0.455. The predicted molar refractivity (Wildman–Crippen MR) is 60.5 cm³/mol. The number of hydrogen-bond donors (Lipinski definition) is 2. The van der Waals surface area contributed by atoms with Crippen molar-refractivity contribution in [2.75, 3.05) is 5.32 Å². The Balaban J connectivity index is 0.000000921. The van der Waals surface area contributed by atoms with Crippen molar-refractivity contribution in [2.24, 2.45) is 0 Å². The van der Waals surface area contributed by atoms with E-state index in [1.54, 1.807) is 6.07 Å². The summed E-state index contributed by atoms with van der Waals surface area (Å²) in [7, 11) is 0. The molecular formula is C11H18N2O2. The van der Waals surface area contributed by atoms with E-state index >= 15 is 0 Å². The second-order valence-electron chi connectivity index (χ2n) is 2.85. The van der Waals surface area contributed by atoms with Crippen LogP contribution in [-0.2, 0) is 11.4 Å². The Labute approximate surface area is 90.4 Å². The number of aryl methyl sites for hydroxylation is 1. The molecule has 4 heteroatoms. The first-order valence-corrected chi connectivity index (χ1v) is 4.97. The first-order valence-electron chi connectivity index (χ1n) is 4.97. The van der Waals surface area contributed by atoms with Gasteiger partial charge in [0.25, 0.3) is 0 Å². The number of carbonyl (C=O) groups is 1. The van der Waals surface area contributed by atoms with Gasteiger partial charge in [0.05, 0.1) is 6.61 Å². The van der Waals surface area contributed by atoms with Crippen molar-refractivity contribution in [2.45, 2.75) is 34.3 Å². The van der Waals surface area contributed by atoms with Gasteiger partial charge in [-0.1, -0.05) is 13.8 Å². The summed E-state index contributed by atoms with van der Waals surface area (Å²) < 4.78 is 0. The van der Waals surface area contributed by atoms with Gasteiger partial charge in [-0.2, -0.15) is 0 Å². The van der Waals surface area contributed by atoms with Gasteiger partial charge in [-0.25, -0.2) is 4.98 Å². The molecule has 1 rings (SSSR count). The Morgan fingerprint density at radius 3 is 2.53 bits per heavy atom. The van der Waals surface area contributed by atoms with Crippen molar-refractivity contribution in [3.8, 4) is 0 Å². The van der Waals surface area contributed by atoms with Crippen molar-refractivity contribution in [3.63, 3.8) is 0 Å². The Morgan fingerprint density at radius 1 is 1.53 bits per heavy atom. The lowest BCUT2D eigenvalue weighted by Gasteiger charge is -2.05. The van der Waals surface area contributed by atoms with Crippen molar-refractivity contribution in [3.05, 3.63) is 23.4 Å². The monoisotopic (exact) mass is 210 g/mol. The van der Waals surface area contributed by atoms with E-state index in [2.05, 4.69) is 10.3 Å². The minimum absolute atomic E-state index is 0.0335. The summed E-state index contributed by atoms with van der Waals surface area (Å²) in [6.07, 6.45) is 1.54. The van der Waals surface area contributed by atoms with Gasteiger partial charge in [-0.3, -0.25) is 4.79 Å². The average molecular weight is 210 g/mol. The van der Waals surface area contributed by atoms with Gasteiger partial charge < -0.3 is 10.4 Å². The Hall–Kier alpha value is -1.42. The molecule has 2 N–H and O–H groups in total. The number of aliphatic hydroxyl groups is 1. The number of amides is 1. The van der Waals surface area contributed by atoms with Crippen LogP contribution in [0.15, 0.2) is 12.3 Å². The van der Waals surface area contributed by atoms with E-state index in [9.17, 15) is 4.79 Å². The molecule has 1 aromatic rings. The molecule has 4 nitrogen and oxygen atoms in total. The highest BCUT2D eigenvalue weighted by Crippen LogP contribution is 2.12. The van der Waals surface area contributed by atoms with E-state index < -0.39 is 0 Å². The van der Waals surface area contributed by atoms with Gasteiger partial charge in [-0.05, 0) is 24.1 Å². The molecule has 84 valence electrons. The summed E-state index contributed by atoms with van der Waals surface area (Å²) in [6, 6.07) is 1.79. The number of nitrogens with zero attached hydrogens (tertiary/aromatic N) is 1. The van der Waals surface area contributed by atoms with E-state index in [1.807, 2.05) is 20.8 Å². The fourth-order valence-electron chi connectivity index (χ4n) is 1.02. The third-order valence-electron chi connectivity index (χ3n) is 1.61. The molecule has 0 spiro atoms. The predicted octanol–water partition coefficient (Wildman–Crippen LogP) is 1.87. The first kappa shape index (κ1) is 13.6. The van der Waals surface area contributed by atoms with Crippen LogP contribution in [-0.4, -0.2) is 16.0 Å². The minimum atomic E-state index is -0.146. The lowest BCUT2D eigenvalue weighted by Crippen LogP contribution is -2.09. The molecule has 1 heterocycles. The third-order valence-corrected chi connectivity index (χ3v) is 1.61. The van der Waals surface area contributed by atoms with E-state index in [-0.39, 0.29) is 12.5 Å². The highest BCUT2D eigenvalue weighted by Gasteiger charge is 2.02. The Kier molecular flexibility index (Phi) is 6.29. The molecule has 0 atom stereocenters. The summed E-state index contributed by atoms with van der Waals surface area (Å²) in [4.78, 5) is 14.7. The highest BCUT2D eigenvalue weighted by atomic mass is 16.3. The molecule has 0 aliphatic rings. The molecule has 0 radical (unpaired) electrons. The van der Waals surface area contributed by atoms with Crippen molar-refractivity contribution < 1.29 is 9.90 Å². The molecule has 0 saturated carbocycles. The minimum Gasteiger partial charge on any atom is -0.392 e. The van der Waals surface area contributed by atoms with E-state index in [0.29, 0.717) is 5.82 Å². The number of aliphatic hydroxyl groups excluding tert-OH is 1. The molecule has 0 saturated heterocycles. The average Bonchev–Trinajstić information content (AvgIpc) is 2.23. The van der Waals surface area contributed by atoms with Crippen LogP contribution in [0.3, 0.4) is 0 Å². The molecule has 1 amide bonds. The number of carbonyl (C=O) groups excluding carboxylic acids is 1. The number of aromatic nitrogens is 1. The van der Waals surface area contributed by atoms with Crippen LogP contribution in [0.4, 0.5) is 5.82 Å². The quantitative estimate of drug-likeness (QED) is 0.783. The summed E-state index contributed by atoms with van der Waals surface area (Å²) in [5, 5.41) is 11.4. The standard InChI is InChI=1S/C9H12N2O2.C2H6/c1-6-3-8(5-12)4-10-9(6)11-7(2)13;1-2/h3-4,12H,5H2,1-2H3,(H,10,11,13);1-2H3. The second-order valence-corrected chi connectivity index (χ2v) is 2.85. The zero-order valence-corrected chi connectivity index (χ0v) is 9.66. The van der Waals surface area contributed by atoms with Crippen LogP contribution in [0.25, 0.3) is 0 Å². The molecule has 0 aliphatic heterocycles. The van der Waals surface area contributed by atoms with Gasteiger partial charge in [0.1, 0.15) is 5.82 Å². The smallest absolute Gasteiger partial charge is 0.222 e. The maximum absolute atomic E-state index is 10.7. The van der Waals surface area contributed by atoms with E-state index in [1.165, 1.54) is 13.1 Å². The van der Waals surface area contributed by atoms with Crippen LogP contribution < -0.4 is 5.32 Å². The van der Waals surface area contributed by atoms with Crippen LogP contribution in [0.2, 0.25) is 0 Å². The lowest BCUT2D eigenvalue weighted by atomic mass is 10.2. The normalized spacial score (nSPS) is 8.87. The molecule has 0 aromatic carbocycles. The van der Waals surface area contributed by atoms with Gasteiger partial charge in [0.2, 0.25) is 5.91 Å². The van der Waals surface area contributed by atoms with Crippen LogP contribution >= 0.6 is 0 Å². The van der Waals surface area contributed by atoms with E-state index in [0.717, 1.165) is 11.1 Å². The van der Waals surface area contributed by atoms with Crippen LogP contribution in [0, 0.1) is 6.92 Å². The summed E-state index contributed by atoms with van der Waals surface area (Å²) in [6.45, 7) is 7.23. The Bertz CT molecular complexity index is 324. The van der Waals surface area contributed by atoms with Gasteiger partial charge >= 0.3 is 0 Å². The third kappa shape index (κ3) is 4.56. The first-order chi connectivity index (χ1) is 7.13. The molecule has 0 bridgehead atoms. The molecule has 1 aromatic heterocycles. The fourth-order valence-corrected chi connectivity index (χ4v) is 1.02. The maximum Gasteiger partial charge on any atom is 0.222 e. The van der Waals surface area contributed by atoms with Crippen LogP contribution in [0.1, 0.15) is 31.9 Å². The van der Waals surface area contributed by atoms with Crippen molar-refractivity contribution in [1.82, 2.24) is 4.98 Å².